The highest BCUT2D eigenvalue weighted by atomic mass is 31.2. The molecular weight excluding hydrogens is 1350 g/mol. The average molecular weight is 1520 g/mol. The minimum Gasteiger partial charge on any atom is -0.462 e. The summed E-state index contributed by atoms with van der Waals surface area (Å²) in [4.78, 5) is 73.1. The van der Waals surface area contributed by atoms with Gasteiger partial charge in [-0.1, -0.05) is 395 Å². The highest BCUT2D eigenvalue weighted by Gasteiger charge is 2.30. The summed E-state index contributed by atoms with van der Waals surface area (Å²) in [6, 6.07) is 0. The number of hydrogen-bond donors (Lipinski definition) is 3. The van der Waals surface area contributed by atoms with Gasteiger partial charge in [0.05, 0.1) is 26.4 Å². The number of esters is 4. The molecule has 19 heteroatoms. The van der Waals surface area contributed by atoms with E-state index in [9.17, 15) is 43.2 Å². The smallest absolute Gasteiger partial charge is 0.462 e. The van der Waals surface area contributed by atoms with Crippen molar-refractivity contribution in [3.05, 3.63) is 0 Å². The highest BCUT2D eigenvalue weighted by Crippen LogP contribution is 2.45. The molecule has 0 aromatic heterocycles. The third kappa shape index (κ3) is 76.8. The Morgan fingerprint density at radius 1 is 0.279 bits per heavy atom. The molecule has 0 radical (unpaired) electrons. The van der Waals surface area contributed by atoms with Gasteiger partial charge in [-0.2, -0.15) is 0 Å². The van der Waals surface area contributed by atoms with Crippen molar-refractivity contribution >= 4 is 39.5 Å². The van der Waals surface area contributed by atoms with Crippen LogP contribution in [0.5, 0.6) is 0 Å². The van der Waals surface area contributed by atoms with Gasteiger partial charge >= 0.3 is 39.5 Å². The maximum Gasteiger partial charge on any atom is 0.472 e. The number of aliphatic hydroxyl groups excluding tert-OH is 1. The Labute approximate surface area is 638 Å². The van der Waals surface area contributed by atoms with Crippen molar-refractivity contribution in [2.45, 2.75) is 465 Å². The molecule has 0 aliphatic heterocycles. The monoisotopic (exact) mass is 1520 g/mol. The number of carbonyl (C=O) groups excluding carboxylic acids is 4. The van der Waals surface area contributed by atoms with Crippen molar-refractivity contribution in [1.29, 1.82) is 0 Å². The Kier molecular flexibility index (Phi) is 73.7. The molecule has 0 aromatic carbocycles. The van der Waals surface area contributed by atoms with Crippen molar-refractivity contribution < 1.29 is 80.2 Å². The number of carbonyl (C=O) groups is 4. The Balaban J connectivity index is 5.21. The Bertz CT molecular complexity index is 2010. The summed E-state index contributed by atoms with van der Waals surface area (Å²) in [5.41, 5.74) is 0. The van der Waals surface area contributed by atoms with E-state index in [0.717, 1.165) is 108 Å². The van der Waals surface area contributed by atoms with Gasteiger partial charge in [0, 0.05) is 25.7 Å². The lowest BCUT2D eigenvalue weighted by Crippen LogP contribution is -2.30. The molecule has 104 heavy (non-hydrogen) atoms. The lowest BCUT2D eigenvalue weighted by molar-refractivity contribution is -0.161. The Morgan fingerprint density at radius 2 is 0.490 bits per heavy atom. The molecular formula is C85H166O17P2. The molecule has 0 bridgehead atoms. The van der Waals surface area contributed by atoms with Crippen LogP contribution in [0.15, 0.2) is 0 Å². The molecule has 0 saturated carbocycles. The molecule has 0 amide bonds. The fourth-order valence-electron chi connectivity index (χ4n) is 13.2. The number of unbranched alkanes of at least 4 members (excludes halogenated alkanes) is 50. The second-order valence-corrected chi connectivity index (χ2v) is 34.7. The van der Waals surface area contributed by atoms with Crippen LogP contribution in [0.1, 0.15) is 447 Å². The van der Waals surface area contributed by atoms with Gasteiger partial charge < -0.3 is 33.8 Å². The Hall–Kier alpha value is -1.94. The summed E-state index contributed by atoms with van der Waals surface area (Å²) in [5.74, 6) is 0.218. The van der Waals surface area contributed by atoms with Gasteiger partial charge in [-0.05, 0) is 43.4 Å². The average Bonchev–Trinajstić information content (AvgIpc) is 0.903. The normalized spacial score (nSPS) is 14.2. The van der Waals surface area contributed by atoms with Gasteiger partial charge in [0.1, 0.15) is 19.3 Å². The maximum absolute atomic E-state index is 13.1. The first-order valence-electron chi connectivity index (χ1n) is 43.9. The van der Waals surface area contributed by atoms with E-state index in [1.807, 2.05) is 0 Å². The molecule has 0 aromatic rings. The van der Waals surface area contributed by atoms with E-state index in [2.05, 4.69) is 48.5 Å². The lowest BCUT2D eigenvalue weighted by Gasteiger charge is -2.21. The van der Waals surface area contributed by atoms with Crippen LogP contribution in [0, 0.1) is 17.8 Å². The molecule has 17 nitrogen and oxygen atoms in total. The minimum atomic E-state index is -4.97. The molecule has 0 aliphatic carbocycles. The summed E-state index contributed by atoms with van der Waals surface area (Å²) in [6.45, 7) is 12.0. The SMILES string of the molecule is CCCCCCCCCCCCCCCCCCCCC(=O)OC[C@H](COP(=O)(O)OC[C@@H](O)COP(=O)(O)OC[C@@H](COC(=O)CCCCCCCCC(C)C)OC(=O)CCCCCCCCCCCCCCC(C)C)OC(=O)CCCCCCCCCCCCCCCCCCCCC(C)CC. The van der Waals surface area contributed by atoms with Gasteiger partial charge in [0.15, 0.2) is 12.2 Å². The number of phosphoric ester groups is 2. The predicted octanol–water partition coefficient (Wildman–Crippen LogP) is 25.7. The molecule has 3 N–H and O–H groups in total. The summed E-state index contributed by atoms with van der Waals surface area (Å²) in [6.07, 6.45) is 65.4. The molecule has 0 heterocycles. The van der Waals surface area contributed by atoms with Crippen molar-refractivity contribution in [1.82, 2.24) is 0 Å². The molecule has 0 saturated heterocycles. The van der Waals surface area contributed by atoms with Crippen LogP contribution < -0.4 is 0 Å². The highest BCUT2D eigenvalue weighted by molar-refractivity contribution is 7.47. The van der Waals surface area contributed by atoms with E-state index >= 15 is 0 Å². The standard InChI is InChI=1S/C85H166O17P2/c1-8-10-11-12-13-14-15-16-17-18-22-25-28-34-39-44-52-59-66-82(87)95-72-80(101-84(89)68-61-54-45-40-35-29-26-23-20-19-21-24-27-33-38-43-51-58-65-78(7)9-2)74-99-103(91,92)97-70-79(86)71-98-104(93,94)100-75-81(73-96-83(88)67-60-53-48-47-50-57-64-77(5)6)102-85(90)69-62-55-46-41-36-31-30-32-37-42-49-56-63-76(3)4/h76-81,86H,8-75H2,1-7H3,(H,91,92)(H,93,94)/t78?,79-,80-,81-/m1/s1. The third-order valence-electron chi connectivity index (χ3n) is 20.2. The van der Waals surface area contributed by atoms with Crippen LogP contribution in [-0.2, 0) is 65.4 Å². The fourth-order valence-corrected chi connectivity index (χ4v) is 14.7. The number of aliphatic hydroxyl groups is 1. The van der Waals surface area contributed by atoms with Gasteiger partial charge in [0.25, 0.3) is 0 Å². The van der Waals surface area contributed by atoms with E-state index in [0.29, 0.717) is 31.6 Å². The van der Waals surface area contributed by atoms with E-state index in [4.69, 9.17) is 37.0 Å². The first kappa shape index (κ1) is 102. The largest absolute Gasteiger partial charge is 0.472 e. The van der Waals surface area contributed by atoms with E-state index in [-0.39, 0.29) is 25.7 Å². The van der Waals surface area contributed by atoms with E-state index < -0.39 is 97.5 Å². The molecule has 0 fully saturated rings. The zero-order valence-electron chi connectivity index (χ0n) is 68.5. The number of phosphoric acid groups is 2. The van der Waals surface area contributed by atoms with Crippen LogP contribution >= 0.6 is 15.6 Å². The third-order valence-corrected chi connectivity index (χ3v) is 22.1. The van der Waals surface area contributed by atoms with Crippen molar-refractivity contribution in [2.75, 3.05) is 39.6 Å². The van der Waals surface area contributed by atoms with Crippen molar-refractivity contribution in [2.24, 2.45) is 17.8 Å². The van der Waals surface area contributed by atoms with Crippen LogP contribution in [-0.4, -0.2) is 96.7 Å². The van der Waals surface area contributed by atoms with E-state index in [1.54, 1.807) is 0 Å². The summed E-state index contributed by atoms with van der Waals surface area (Å²) >= 11 is 0. The number of hydrogen-bond acceptors (Lipinski definition) is 15. The predicted molar refractivity (Wildman–Crippen MR) is 428 cm³/mol. The first-order chi connectivity index (χ1) is 50.3. The summed E-state index contributed by atoms with van der Waals surface area (Å²) in [7, 11) is -9.93. The topological polar surface area (TPSA) is 237 Å². The summed E-state index contributed by atoms with van der Waals surface area (Å²) < 4.78 is 68.8. The summed E-state index contributed by atoms with van der Waals surface area (Å²) in [5, 5.41) is 10.7. The van der Waals surface area contributed by atoms with Crippen LogP contribution in [0.2, 0.25) is 0 Å². The zero-order chi connectivity index (χ0) is 76.5. The van der Waals surface area contributed by atoms with Crippen molar-refractivity contribution in [3.8, 4) is 0 Å². The van der Waals surface area contributed by atoms with Gasteiger partial charge in [-0.25, -0.2) is 9.13 Å². The molecule has 0 aliphatic rings. The van der Waals surface area contributed by atoms with Gasteiger partial charge in [0.2, 0.25) is 0 Å². The number of ether oxygens (including phenoxy) is 4. The lowest BCUT2D eigenvalue weighted by atomic mass is 9.99. The Morgan fingerprint density at radius 3 is 0.731 bits per heavy atom. The van der Waals surface area contributed by atoms with Gasteiger partial charge in [-0.15, -0.1) is 0 Å². The molecule has 618 valence electrons. The quantitative estimate of drug-likeness (QED) is 0.0222. The second kappa shape index (κ2) is 75.1. The number of rotatable bonds is 83. The van der Waals surface area contributed by atoms with Crippen molar-refractivity contribution in [3.63, 3.8) is 0 Å². The van der Waals surface area contributed by atoms with Crippen LogP contribution in [0.3, 0.4) is 0 Å². The van der Waals surface area contributed by atoms with Gasteiger partial charge in [-0.3, -0.25) is 37.3 Å². The molecule has 3 unspecified atom stereocenters. The fraction of sp³-hybridized carbons (Fsp3) is 0.953. The molecule has 6 atom stereocenters. The minimum absolute atomic E-state index is 0.106. The second-order valence-electron chi connectivity index (χ2n) is 31.8. The molecule has 0 rings (SSSR count). The first-order valence-corrected chi connectivity index (χ1v) is 46.9. The van der Waals surface area contributed by atoms with E-state index in [1.165, 1.54) is 250 Å². The maximum atomic E-state index is 13.1. The van der Waals surface area contributed by atoms with Crippen LogP contribution in [0.25, 0.3) is 0 Å². The van der Waals surface area contributed by atoms with Crippen LogP contribution in [0.4, 0.5) is 0 Å². The zero-order valence-corrected chi connectivity index (χ0v) is 70.3. The molecule has 0 spiro atoms.